The van der Waals surface area contributed by atoms with Crippen molar-refractivity contribution in [2.75, 3.05) is 13.7 Å². The summed E-state index contributed by atoms with van der Waals surface area (Å²) in [6.07, 6.45) is 3.71. The van der Waals surface area contributed by atoms with Crippen LogP contribution in [0.15, 0.2) is 23.5 Å². The zero-order chi connectivity index (χ0) is 17.4. The number of fused-ring (bicyclic) bond motifs is 1. The maximum atomic E-state index is 12.0. The molecule has 0 amide bonds. The minimum atomic E-state index is -2.03. The Morgan fingerprint density at radius 3 is 2.61 bits per heavy atom. The van der Waals surface area contributed by atoms with Crippen molar-refractivity contribution in [3.8, 4) is 0 Å². The summed E-state index contributed by atoms with van der Waals surface area (Å²) >= 11 is 0. The van der Waals surface area contributed by atoms with Crippen molar-refractivity contribution in [3.63, 3.8) is 0 Å². The molecule has 1 heterocycles. The highest BCUT2D eigenvalue weighted by atomic mass is 28.4. The predicted octanol–water partition coefficient (Wildman–Crippen LogP) is 2.98. The zero-order valence-electron chi connectivity index (χ0n) is 14.9. The van der Waals surface area contributed by atoms with Gasteiger partial charge in [0.2, 0.25) is 0 Å². The molecular weight excluding hydrogens is 312 g/mol. The number of esters is 1. The first-order valence-electron chi connectivity index (χ1n) is 8.04. The van der Waals surface area contributed by atoms with Gasteiger partial charge in [-0.2, -0.15) is 0 Å². The second-order valence-corrected chi connectivity index (χ2v) is 12.5. The summed E-state index contributed by atoms with van der Waals surface area (Å²) in [5, 5.41) is 9.71. The van der Waals surface area contributed by atoms with Gasteiger partial charge in [0.15, 0.2) is 14.6 Å². The van der Waals surface area contributed by atoms with Gasteiger partial charge in [-0.15, -0.1) is 0 Å². The van der Waals surface area contributed by atoms with Crippen LogP contribution in [0.3, 0.4) is 0 Å². The number of carbonyl (C=O) groups is 1. The molecular formula is C17H28O5Si. The van der Waals surface area contributed by atoms with E-state index in [1.54, 1.807) is 0 Å². The number of hydrogen-bond acceptors (Lipinski definition) is 5. The van der Waals surface area contributed by atoms with E-state index in [0.29, 0.717) is 12.0 Å². The molecule has 23 heavy (non-hydrogen) atoms. The molecule has 0 aromatic carbocycles. The lowest BCUT2D eigenvalue weighted by Crippen LogP contribution is -2.48. The normalized spacial score (nSPS) is 27.7. The number of allylic oxidation sites excluding steroid dienone is 1. The molecule has 0 aromatic rings. The van der Waals surface area contributed by atoms with E-state index in [1.807, 2.05) is 6.08 Å². The van der Waals surface area contributed by atoms with Gasteiger partial charge in [-0.05, 0) is 30.1 Å². The van der Waals surface area contributed by atoms with Crippen LogP contribution < -0.4 is 0 Å². The van der Waals surface area contributed by atoms with E-state index in [0.717, 1.165) is 5.57 Å². The van der Waals surface area contributed by atoms with Gasteiger partial charge in [0.1, 0.15) is 0 Å². The van der Waals surface area contributed by atoms with Crippen molar-refractivity contribution < 1.29 is 23.8 Å². The van der Waals surface area contributed by atoms with Gasteiger partial charge >= 0.3 is 5.97 Å². The van der Waals surface area contributed by atoms with Gasteiger partial charge in [-0.25, -0.2) is 4.79 Å². The Hall–Kier alpha value is -1.11. The van der Waals surface area contributed by atoms with Crippen LogP contribution in [-0.2, 0) is 18.7 Å². The van der Waals surface area contributed by atoms with Crippen LogP contribution in [0, 0.1) is 11.8 Å². The molecule has 3 atom stereocenters. The summed E-state index contributed by atoms with van der Waals surface area (Å²) in [7, 11) is -0.665. The SMILES string of the molecule is COC(=O)C1=CO[C@@H](O[Si](C)(C)C(C)(C)C)[C@@H]2C(CO)=CC[C@H]12. The van der Waals surface area contributed by atoms with Crippen LogP contribution >= 0.6 is 0 Å². The molecule has 1 aliphatic carbocycles. The number of aliphatic hydroxyl groups excluding tert-OH is 1. The van der Waals surface area contributed by atoms with Gasteiger partial charge in [-0.3, -0.25) is 0 Å². The van der Waals surface area contributed by atoms with Gasteiger partial charge in [-0.1, -0.05) is 26.8 Å². The Bertz CT molecular complexity index is 530. The van der Waals surface area contributed by atoms with E-state index in [1.165, 1.54) is 13.4 Å². The third-order valence-electron chi connectivity index (χ3n) is 5.34. The van der Waals surface area contributed by atoms with Gasteiger partial charge in [0.25, 0.3) is 0 Å². The van der Waals surface area contributed by atoms with Crippen LogP contribution in [0.1, 0.15) is 27.2 Å². The van der Waals surface area contributed by atoms with Crippen molar-refractivity contribution in [1.29, 1.82) is 0 Å². The molecule has 0 saturated carbocycles. The molecule has 1 aliphatic heterocycles. The smallest absolute Gasteiger partial charge is 0.337 e. The van der Waals surface area contributed by atoms with E-state index in [4.69, 9.17) is 13.9 Å². The second-order valence-electron chi connectivity index (χ2n) is 7.75. The quantitative estimate of drug-likeness (QED) is 0.484. The molecule has 5 nitrogen and oxygen atoms in total. The van der Waals surface area contributed by atoms with Gasteiger partial charge < -0.3 is 19.0 Å². The fraction of sp³-hybridized carbons (Fsp3) is 0.706. The first-order chi connectivity index (χ1) is 10.6. The zero-order valence-corrected chi connectivity index (χ0v) is 15.9. The Morgan fingerprint density at radius 1 is 1.43 bits per heavy atom. The third-order valence-corrected chi connectivity index (χ3v) is 9.77. The number of rotatable bonds is 4. The molecule has 0 aromatic heterocycles. The highest BCUT2D eigenvalue weighted by molar-refractivity contribution is 6.74. The van der Waals surface area contributed by atoms with Crippen molar-refractivity contribution in [2.24, 2.45) is 11.8 Å². The average Bonchev–Trinajstić information content (AvgIpc) is 2.89. The molecule has 6 heteroatoms. The van der Waals surface area contributed by atoms with Crippen molar-refractivity contribution in [1.82, 2.24) is 0 Å². The van der Waals surface area contributed by atoms with E-state index >= 15 is 0 Å². The fourth-order valence-electron chi connectivity index (χ4n) is 2.87. The fourth-order valence-corrected chi connectivity index (χ4v) is 4.01. The van der Waals surface area contributed by atoms with Crippen LogP contribution in [0.25, 0.3) is 0 Å². The first kappa shape index (κ1) is 18.2. The monoisotopic (exact) mass is 340 g/mol. The maximum absolute atomic E-state index is 12.0. The summed E-state index contributed by atoms with van der Waals surface area (Å²) in [5.41, 5.74) is 1.40. The van der Waals surface area contributed by atoms with Crippen molar-refractivity contribution in [3.05, 3.63) is 23.5 Å². The van der Waals surface area contributed by atoms with Gasteiger partial charge in [0, 0.05) is 5.92 Å². The van der Waals surface area contributed by atoms with Crippen molar-refractivity contribution >= 4 is 14.3 Å². The molecule has 1 N–H and O–H groups in total. The standard InChI is InChI=1S/C17H28O5Si/c1-17(2,3)23(5,6)22-16-14-11(9-18)7-8-12(14)13(10-21-16)15(19)20-4/h7,10,12,14,16,18H,8-9H2,1-6H3/t12-,14-,16+/m1/s1. The Balaban J connectivity index is 2.29. The molecule has 130 valence electrons. The highest BCUT2D eigenvalue weighted by Crippen LogP contribution is 2.46. The summed E-state index contributed by atoms with van der Waals surface area (Å²) in [6.45, 7) is 10.8. The number of ether oxygens (including phenoxy) is 2. The van der Waals surface area contributed by atoms with E-state index < -0.39 is 14.6 Å². The minimum absolute atomic E-state index is 0.0453. The largest absolute Gasteiger partial charge is 0.472 e. The maximum Gasteiger partial charge on any atom is 0.337 e. The molecule has 0 unspecified atom stereocenters. The molecule has 0 saturated heterocycles. The number of aliphatic hydroxyl groups is 1. The summed E-state index contributed by atoms with van der Waals surface area (Å²) in [6, 6.07) is 0. The lowest BCUT2D eigenvalue weighted by Gasteiger charge is -2.43. The minimum Gasteiger partial charge on any atom is -0.472 e. The second kappa shape index (κ2) is 6.41. The molecule has 2 rings (SSSR count). The third kappa shape index (κ3) is 3.39. The summed E-state index contributed by atoms with van der Waals surface area (Å²) in [4.78, 5) is 12.0. The number of methoxy groups -OCH3 is 1. The lowest BCUT2D eigenvalue weighted by molar-refractivity contribution is -0.140. The Kier molecular flexibility index (Phi) is 5.08. The van der Waals surface area contributed by atoms with Crippen molar-refractivity contribution in [2.45, 2.75) is 51.6 Å². The topological polar surface area (TPSA) is 65.0 Å². The van der Waals surface area contributed by atoms with Crippen LogP contribution in [0.2, 0.25) is 18.1 Å². The number of carbonyl (C=O) groups excluding carboxylic acids is 1. The lowest BCUT2D eigenvalue weighted by atomic mass is 9.83. The van der Waals surface area contributed by atoms with E-state index in [-0.39, 0.29) is 29.5 Å². The molecule has 0 fully saturated rings. The van der Waals surface area contributed by atoms with Gasteiger partial charge in [0.05, 0.1) is 31.5 Å². The summed E-state index contributed by atoms with van der Waals surface area (Å²) in [5.74, 6) is -0.556. The molecule has 0 radical (unpaired) electrons. The van der Waals surface area contributed by atoms with Crippen LogP contribution in [0.5, 0.6) is 0 Å². The number of hydrogen-bond donors (Lipinski definition) is 1. The van der Waals surface area contributed by atoms with Crippen LogP contribution in [-0.4, -0.2) is 39.4 Å². The average molecular weight is 340 g/mol. The molecule has 2 aliphatic rings. The molecule has 0 bridgehead atoms. The first-order valence-corrected chi connectivity index (χ1v) is 10.9. The summed E-state index contributed by atoms with van der Waals surface area (Å²) < 4.78 is 17.1. The molecule has 0 spiro atoms. The van der Waals surface area contributed by atoms with E-state index in [9.17, 15) is 9.90 Å². The van der Waals surface area contributed by atoms with E-state index in [2.05, 4.69) is 33.9 Å². The Labute approximate surface area is 139 Å². The Morgan fingerprint density at radius 2 is 2.09 bits per heavy atom. The predicted molar refractivity (Wildman–Crippen MR) is 90.0 cm³/mol. The van der Waals surface area contributed by atoms with Crippen LogP contribution in [0.4, 0.5) is 0 Å². The highest BCUT2D eigenvalue weighted by Gasteiger charge is 2.48.